The van der Waals surface area contributed by atoms with Gasteiger partial charge in [0, 0.05) is 12.2 Å². The van der Waals surface area contributed by atoms with Crippen LogP contribution in [-0.2, 0) is 4.79 Å². The molecule has 4 nitrogen and oxygen atoms in total. The summed E-state index contributed by atoms with van der Waals surface area (Å²) in [6.07, 6.45) is 1.71. The number of carbonyl (C=O) groups is 1. The second kappa shape index (κ2) is 6.02. The molecular weight excluding hydrogens is 202 g/mol. The highest BCUT2D eigenvalue weighted by molar-refractivity contribution is 5.91. The lowest BCUT2D eigenvalue weighted by molar-refractivity contribution is -0.115. The van der Waals surface area contributed by atoms with Crippen molar-refractivity contribution in [3.8, 4) is 0 Å². The summed E-state index contributed by atoms with van der Waals surface area (Å²) in [7, 11) is 0. The van der Waals surface area contributed by atoms with Crippen LogP contribution in [-0.4, -0.2) is 24.0 Å². The van der Waals surface area contributed by atoms with E-state index >= 15 is 0 Å². The first-order valence-corrected chi connectivity index (χ1v) is 5.18. The minimum atomic E-state index is -0.0978. The smallest absolute Gasteiger partial charge is 0.239 e. The molecule has 0 fully saturated rings. The van der Waals surface area contributed by atoms with Gasteiger partial charge in [-0.15, -0.1) is 6.58 Å². The lowest BCUT2D eigenvalue weighted by Gasteiger charge is -2.06. The molecule has 0 spiro atoms. The minimum Gasteiger partial charge on any atom is -0.310 e. The van der Waals surface area contributed by atoms with Crippen molar-refractivity contribution >= 4 is 11.7 Å². The zero-order valence-corrected chi connectivity index (χ0v) is 9.71. The molecule has 0 aliphatic rings. The number of pyridine rings is 1. The molecule has 1 amide bonds. The average Bonchev–Trinajstić information content (AvgIpc) is 2.16. The Morgan fingerprint density at radius 3 is 2.88 bits per heavy atom. The zero-order valence-electron chi connectivity index (χ0n) is 9.71. The van der Waals surface area contributed by atoms with E-state index in [1.807, 2.05) is 26.0 Å². The van der Waals surface area contributed by atoms with Crippen molar-refractivity contribution in [2.45, 2.75) is 13.8 Å². The van der Waals surface area contributed by atoms with E-state index in [-0.39, 0.29) is 12.5 Å². The van der Waals surface area contributed by atoms with Gasteiger partial charge in [0.2, 0.25) is 5.91 Å². The maximum Gasteiger partial charge on any atom is 0.239 e. The highest BCUT2D eigenvalue weighted by Crippen LogP contribution is 2.08. The summed E-state index contributed by atoms with van der Waals surface area (Å²) in [6.45, 7) is 8.32. The van der Waals surface area contributed by atoms with E-state index < -0.39 is 0 Å². The monoisotopic (exact) mass is 219 g/mol. The normalized spacial score (nSPS) is 9.88. The molecule has 0 aliphatic heterocycles. The molecule has 0 aromatic carbocycles. The summed E-state index contributed by atoms with van der Waals surface area (Å²) >= 11 is 0. The highest BCUT2D eigenvalue weighted by Gasteiger charge is 2.03. The van der Waals surface area contributed by atoms with Gasteiger partial charge in [-0.3, -0.25) is 4.79 Å². The summed E-state index contributed by atoms with van der Waals surface area (Å²) in [5, 5.41) is 5.66. The van der Waals surface area contributed by atoms with Crippen molar-refractivity contribution in [1.29, 1.82) is 0 Å². The molecule has 0 aliphatic carbocycles. The number of aryl methyl sites for hydroxylation is 2. The Morgan fingerprint density at radius 2 is 2.25 bits per heavy atom. The Labute approximate surface area is 95.8 Å². The molecule has 1 aromatic rings. The SMILES string of the molecule is C=CCNCC(=O)Nc1cc(C)cc(C)n1. The van der Waals surface area contributed by atoms with Crippen LogP contribution in [0.15, 0.2) is 24.8 Å². The molecule has 1 heterocycles. The van der Waals surface area contributed by atoms with E-state index in [1.165, 1.54) is 0 Å². The van der Waals surface area contributed by atoms with Crippen LogP contribution in [0.1, 0.15) is 11.3 Å². The fourth-order valence-corrected chi connectivity index (χ4v) is 1.38. The first-order chi connectivity index (χ1) is 7.61. The van der Waals surface area contributed by atoms with E-state index in [9.17, 15) is 4.79 Å². The van der Waals surface area contributed by atoms with E-state index in [2.05, 4.69) is 22.2 Å². The minimum absolute atomic E-state index is 0.0978. The van der Waals surface area contributed by atoms with Gasteiger partial charge in [0.25, 0.3) is 0 Å². The van der Waals surface area contributed by atoms with Gasteiger partial charge < -0.3 is 10.6 Å². The third-order valence-electron chi connectivity index (χ3n) is 1.94. The molecular formula is C12H17N3O. The lowest BCUT2D eigenvalue weighted by Crippen LogP contribution is -2.28. The Balaban J connectivity index is 2.52. The van der Waals surface area contributed by atoms with Crippen molar-refractivity contribution in [2.24, 2.45) is 0 Å². The van der Waals surface area contributed by atoms with Gasteiger partial charge >= 0.3 is 0 Å². The summed E-state index contributed by atoms with van der Waals surface area (Å²) < 4.78 is 0. The van der Waals surface area contributed by atoms with Crippen molar-refractivity contribution in [1.82, 2.24) is 10.3 Å². The van der Waals surface area contributed by atoms with Crippen LogP contribution in [0, 0.1) is 13.8 Å². The summed E-state index contributed by atoms with van der Waals surface area (Å²) in [4.78, 5) is 15.7. The lowest BCUT2D eigenvalue weighted by atomic mass is 10.2. The predicted octanol–water partition coefficient (Wildman–Crippen LogP) is 1.41. The van der Waals surface area contributed by atoms with Crippen molar-refractivity contribution in [3.05, 3.63) is 36.0 Å². The van der Waals surface area contributed by atoms with Crippen molar-refractivity contribution in [3.63, 3.8) is 0 Å². The number of carbonyl (C=O) groups excluding carboxylic acids is 1. The molecule has 0 atom stereocenters. The second-order valence-corrected chi connectivity index (χ2v) is 3.64. The van der Waals surface area contributed by atoms with Gasteiger partial charge in [-0.05, 0) is 31.5 Å². The summed E-state index contributed by atoms with van der Waals surface area (Å²) in [5.74, 6) is 0.502. The Bertz CT molecular complexity index is 368. The molecule has 2 N–H and O–H groups in total. The number of nitrogens with zero attached hydrogens (tertiary/aromatic N) is 1. The topological polar surface area (TPSA) is 54.0 Å². The zero-order chi connectivity index (χ0) is 12.0. The van der Waals surface area contributed by atoms with Crippen LogP contribution in [0.3, 0.4) is 0 Å². The van der Waals surface area contributed by atoms with Gasteiger partial charge in [0.1, 0.15) is 5.82 Å². The highest BCUT2D eigenvalue weighted by atomic mass is 16.1. The fraction of sp³-hybridized carbons (Fsp3) is 0.333. The molecule has 0 unspecified atom stereocenters. The van der Waals surface area contributed by atoms with Crippen LogP contribution >= 0.6 is 0 Å². The molecule has 1 aromatic heterocycles. The molecule has 0 saturated carbocycles. The summed E-state index contributed by atoms with van der Waals surface area (Å²) in [6, 6.07) is 3.81. The average molecular weight is 219 g/mol. The first-order valence-electron chi connectivity index (χ1n) is 5.18. The van der Waals surface area contributed by atoms with Gasteiger partial charge in [-0.25, -0.2) is 4.98 Å². The van der Waals surface area contributed by atoms with Crippen molar-refractivity contribution in [2.75, 3.05) is 18.4 Å². The van der Waals surface area contributed by atoms with E-state index in [0.717, 1.165) is 11.3 Å². The molecule has 1 rings (SSSR count). The first kappa shape index (κ1) is 12.4. The van der Waals surface area contributed by atoms with E-state index in [1.54, 1.807) is 6.08 Å². The van der Waals surface area contributed by atoms with Crippen molar-refractivity contribution < 1.29 is 4.79 Å². The standard InChI is InChI=1S/C12H17N3O/c1-4-5-13-8-12(16)15-11-7-9(2)6-10(3)14-11/h4,6-7,13H,1,5,8H2,2-3H3,(H,14,15,16). The molecule has 0 radical (unpaired) electrons. The fourth-order valence-electron chi connectivity index (χ4n) is 1.38. The Morgan fingerprint density at radius 1 is 1.50 bits per heavy atom. The quantitative estimate of drug-likeness (QED) is 0.581. The van der Waals surface area contributed by atoms with Gasteiger partial charge in [0.15, 0.2) is 0 Å². The number of anilines is 1. The van der Waals surface area contributed by atoms with Gasteiger partial charge in [0.05, 0.1) is 6.54 Å². The Kier molecular flexibility index (Phi) is 4.66. The Hall–Kier alpha value is -1.68. The molecule has 16 heavy (non-hydrogen) atoms. The number of aromatic nitrogens is 1. The number of rotatable bonds is 5. The van der Waals surface area contributed by atoms with E-state index in [0.29, 0.717) is 12.4 Å². The van der Waals surface area contributed by atoms with Crippen LogP contribution < -0.4 is 10.6 Å². The largest absolute Gasteiger partial charge is 0.310 e. The van der Waals surface area contributed by atoms with Crippen LogP contribution in [0.25, 0.3) is 0 Å². The van der Waals surface area contributed by atoms with Crippen LogP contribution in [0.2, 0.25) is 0 Å². The second-order valence-electron chi connectivity index (χ2n) is 3.64. The number of hydrogen-bond acceptors (Lipinski definition) is 3. The van der Waals surface area contributed by atoms with Gasteiger partial charge in [-0.2, -0.15) is 0 Å². The molecule has 4 heteroatoms. The maximum atomic E-state index is 11.5. The van der Waals surface area contributed by atoms with Gasteiger partial charge in [-0.1, -0.05) is 6.08 Å². The van der Waals surface area contributed by atoms with Crippen LogP contribution in [0.4, 0.5) is 5.82 Å². The van der Waals surface area contributed by atoms with Crippen LogP contribution in [0.5, 0.6) is 0 Å². The molecule has 0 bridgehead atoms. The molecule has 0 saturated heterocycles. The third-order valence-corrected chi connectivity index (χ3v) is 1.94. The number of nitrogens with one attached hydrogen (secondary N) is 2. The number of hydrogen-bond donors (Lipinski definition) is 2. The third kappa shape index (κ3) is 4.23. The number of amides is 1. The summed E-state index contributed by atoms with van der Waals surface area (Å²) in [5.41, 5.74) is 1.98. The predicted molar refractivity (Wildman–Crippen MR) is 65.4 cm³/mol. The molecule has 86 valence electrons. The van der Waals surface area contributed by atoms with E-state index in [4.69, 9.17) is 0 Å². The maximum absolute atomic E-state index is 11.5.